The molecular formula is C14H11BrF3NO. The summed E-state index contributed by atoms with van der Waals surface area (Å²) < 4.78 is 45.9. The molecular weight excluding hydrogens is 335 g/mol. The summed E-state index contributed by atoms with van der Waals surface area (Å²) in [5, 5.41) is 0. The second-order valence-corrected chi connectivity index (χ2v) is 4.96. The molecule has 0 fully saturated rings. The summed E-state index contributed by atoms with van der Waals surface area (Å²) in [7, 11) is 0. The van der Waals surface area contributed by atoms with Gasteiger partial charge in [0.25, 0.3) is 0 Å². The number of halogens is 4. The summed E-state index contributed by atoms with van der Waals surface area (Å²) in [4.78, 5) is 0. The molecule has 0 spiro atoms. The molecule has 0 amide bonds. The zero-order valence-corrected chi connectivity index (χ0v) is 11.9. The van der Waals surface area contributed by atoms with Crippen molar-refractivity contribution in [2.75, 3.05) is 0 Å². The highest BCUT2D eigenvalue weighted by Gasteiger charge is 2.13. The van der Waals surface area contributed by atoms with Crippen LogP contribution in [-0.4, -0.2) is 0 Å². The lowest BCUT2D eigenvalue weighted by molar-refractivity contribution is 0.290. The first-order valence-corrected chi connectivity index (χ1v) is 6.55. The number of hydrogen-bond acceptors (Lipinski definition) is 2. The lowest BCUT2D eigenvalue weighted by Crippen LogP contribution is -2.04. The van der Waals surface area contributed by atoms with Gasteiger partial charge in [0.1, 0.15) is 29.8 Å². The van der Waals surface area contributed by atoms with Gasteiger partial charge in [0.15, 0.2) is 0 Å². The van der Waals surface area contributed by atoms with E-state index in [1.165, 1.54) is 18.2 Å². The van der Waals surface area contributed by atoms with Crippen molar-refractivity contribution in [2.24, 2.45) is 5.73 Å². The summed E-state index contributed by atoms with van der Waals surface area (Å²) in [6.07, 6.45) is 0. The standard InChI is InChI=1S/C14H11BrF3NO/c15-12-1-2-13(17)11(14(12)18)7-20-10-4-8(6-19)3-9(16)5-10/h1-5H,6-7,19H2. The molecule has 2 aromatic rings. The molecule has 0 radical (unpaired) electrons. The molecule has 6 heteroatoms. The molecule has 0 saturated heterocycles. The topological polar surface area (TPSA) is 35.2 Å². The van der Waals surface area contributed by atoms with Crippen molar-refractivity contribution in [2.45, 2.75) is 13.2 Å². The Kier molecular flexibility index (Phi) is 4.67. The Morgan fingerprint density at radius 2 is 1.85 bits per heavy atom. The van der Waals surface area contributed by atoms with Crippen LogP contribution in [0.3, 0.4) is 0 Å². The van der Waals surface area contributed by atoms with E-state index in [9.17, 15) is 13.2 Å². The van der Waals surface area contributed by atoms with Crippen LogP contribution < -0.4 is 10.5 Å². The predicted octanol–water partition coefficient (Wildman–Crippen LogP) is 3.90. The summed E-state index contributed by atoms with van der Waals surface area (Å²) in [5.41, 5.74) is 5.73. The third kappa shape index (κ3) is 3.32. The molecule has 0 saturated carbocycles. The number of ether oxygens (including phenoxy) is 1. The van der Waals surface area contributed by atoms with Gasteiger partial charge in [-0.05, 0) is 45.8 Å². The zero-order valence-electron chi connectivity index (χ0n) is 10.3. The van der Waals surface area contributed by atoms with E-state index in [0.717, 1.165) is 12.1 Å². The molecule has 2 N–H and O–H groups in total. The average molecular weight is 346 g/mol. The normalized spacial score (nSPS) is 10.7. The van der Waals surface area contributed by atoms with Gasteiger partial charge >= 0.3 is 0 Å². The van der Waals surface area contributed by atoms with E-state index in [-0.39, 0.29) is 28.9 Å². The highest BCUT2D eigenvalue weighted by molar-refractivity contribution is 9.10. The number of hydrogen-bond donors (Lipinski definition) is 1. The fourth-order valence-corrected chi connectivity index (χ4v) is 2.05. The zero-order chi connectivity index (χ0) is 14.7. The van der Waals surface area contributed by atoms with Crippen molar-refractivity contribution in [3.8, 4) is 5.75 Å². The van der Waals surface area contributed by atoms with Crippen molar-refractivity contribution in [3.05, 3.63) is 63.4 Å². The minimum atomic E-state index is -0.736. The Morgan fingerprint density at radius 1 is 1.10 bits per heavy atom. The molecule has 0 unspecified atom stereocenters. The van der Waals surface area contributed by atoms with E-state index < -0.39 is 17.5 Å². The fourth-order valence-electron chi connectivity index (χ4n) is 1.68. The highest BCUT2D eigenvalue weighted by atomic mass is 79.9. The first-order chi connectivity index (χ1) is 9.51. The minimum Gasteiger partial charge on any atom is -0.489 e. The second kappa shape index (κ2) is 6.28. The Morgan fingerprint density at radius 3 is 2.55 bits per heavy atom. The molecule has 0 heterocycles. The largest absolute Gasteiger partial charge is 0.489 e. The summed E-state index contributed by atoms with van der Waals surface area (Å²) in [6.45, 7) is -0.196. The van der Waals surface area contributed by atoms with Gasteiger partial charge in [-0.2, -0.15) is 0 Å². The Bertz CT molecular complexity index is 634. The Balaban J connectivity index is 2.21. The number of benzene rings is 2. The van der Waals surface area contributed by atoms with Crippen LogP contribution >= 0.6 is 15.9 Å². The van der Waals surface area contributed by atoms with E-state index in [1.54, 1.807) is 0 Å². The van der Waals surface area contributed by atoms with Gasteiger partial charge < -0.3 is 10.5 Å². The number of rotatable bonds is 4. The van der Waals surface area contributed by atoms with Crippen LogP contribution in [0.25, 0.3) is 0 Å². The molecule has 106 valence electrons. The van der Waals surface area contributed by atoms with Crippen LogP contribution in [0.1, 0.15) is 11.1 Å². The van der Waals surface area contributed by atoms with Crippen LogP contribution in [0.2, 0.25) is 0 Å². The van der Waals surface area contributed by atoms with E-state index in [1.807, 2.05) is 0 Å². The molecule has 0 aliphatic carbocycles. The van der Waals surface area contributed by atoms with Gasteiger partial charge in [-0.15, -0.1) is 0 Å². The summed E-state index contributed by atoms with van der Waals surface area (Å²) >= 11 is 2.97. The van der Waals surface area contributed by atoms with Gasteiger partial charge in [-0.3, -0.25) is 0 Å². The SMILES string of the molecule is NCc1cc(F)cc(OCc2c(F)ccc(Br)c2F)c1. The van der Waals surface area contributed by atoms with Crippen molar-refractivity contribution in [3.63, 3.8) is 0 Å². The van der Waals surface area contributed by atoms with Crippen molar-refractivity contribution >= 4 is 15.9 Å². The van der Waals surface area contributed by atoms with Gasteiger partial charge in [0.2, 0.25) is 0 Å². The lowest BCUT2D eigenvalue weighted by atomic mass is 10.2. The van der Waals surface area contributed by atoms with E-state index in [4.69, 9.17) is 10.5 Å². The molecule has 2 rings (SSSR count). The monoisotopic (exact) mass is 345 g/mol. The summed E-state index contributed by atoms with van der Waals surface area (Å²) in [6, 6.07) is 6.32. The van der Waals surface area contributed by atoms with Crippen LogP contribution in [0.5, 0.6) is 5.75 Å². The van der Waals surface area contributed by atoms with Crippen LogP contribution in [0, 0.1) is 17.5 Å². The highest BCUT2D eigenvalue weighted by Crippen LogP contribution is 2.24. The lowest BCUT2D eigenvalue weighted by Gasteiger charge is -2.10. The fraction of sp³-hybridized carbons (Fsp3) is 0.143. The van der Waals surface area contributed by atoms with Gasteiger partial charge in [-0.25, -0.2) is 13.2 Å². The molecule has 20 heavy (non-hydrogen) atoms. The molecule has 0 atom stereocenters. The van der Waals surface area contributed by atoms with Crippen molar-refractivity contribution < 1.29 is 17.9 Å². The molecule has 0 aliphatic heterocycles. The smallest absolute Gasteiger partial charge is 0.146 e. The van der Waals surface area contributed by atoms with E-state index in [0.29, 0.717) is 5.56 Å². The van der Waals surface area contributed by atoms with Crippen LogP contribution in [0.15, 0.2) is 34.8 Å². The molecule has 2 aromatic carbocycles. The average Bonchev–Trinajstić information content (AvgIpc) is 2.42. The van der Waals surface area contributed by atoms with Crippen LogP contribution in [-0.2, 0) is 13.2 Å². The number of nitrogens with two attached hydrogens (primary N) is 1. The van der Waals surface area contributed by atoms with E-state index in [2.05, 4.69) is 15.9 Å². The molecule has 0 bridgehead atoms. The van der Waals surface area contributed by atoms with Gasteiger partial charge in [0.05, 0.1) is 10.0 Å². The maximum Gasteiger partial charge on any atom is 0.146 e. The summed E-state index contributed by atoms with van der Waals surface area (Å²) in [5.74, 6) is -1.80. The van der Waals surface area contributed by atoms with Crippen molar-refractivity contribution in [1.29, 1.82) is 0 Å². The third-order valence-electron chi connectivity index (χ3n) is 2.69. The maximum absolute atomic E-state index is 13.7. The first kappa shape index (κ1) is 14.9. The Labute approximate surface area is 122 Å². The van der Waals surface area contributed by atoms with Gasteiger partial charge in [-0.1, -0.05) is 0 Å². The molecule has 2 nitrogen and oxygen atoms in total. The van der Waals surface area contributed by atoms with Gasteiger partial charge in [0, 0.05) is 12.6 Å². The quantitative estimate of drug-likeness (QED) is 0.853. The predicted molar refractivity (Wildman–Crippen MR) is 72.7 cm³/mol. The first-order valence-electron chi connectivity index (χ1n) is 5.76. The molecule has 0 aromatic heterocycles. The maximum atomic E-state index is 13.7. The molecule has 0 aliphatic rings. The second-order valence-electron chi connectivity index (χ2n) is 4.11. The van der Waals surface area contributed by atoms with Crippen LogP contribution in [0.4, 0.5) is 13.2 Å². The van der Waals surface area contributed by atoms with E-state index >= 15 is 0 Å². The Hall–Kier alpha value is -1.53. The third-order valence-corrected chi connectivity index (χ3v) is 3.30. The van der Waals surface area contributed by atoms with Crippen molar-refractivity contribution in [1.82, 2.24) is 0 Å². The minimum absolute atomic E-state index is 0.138.